The van der Waals surface area contributed by atoms with Crippen LogP contribution in [-0.2, 0) is 17.8 Å². The van der Waals surface area contributed by atoms with Crippen LogP contribution >= 0.6 is 0 Å². The maximum atomic E-state index is 12.2. The highest BCUT2D eigenvalue weighted by Gasteiger charge is 2.27. The molecule has 0 spiro atoms. The molecule has 1 saturated heterocycles. The minimum Gasteiger partial charge on any atom is -0.337 e. The molecule has 18 heavy (non-hydrogen) atoms. The first-order valence-corrected chi connectivity index (χ1v) is 6.79. The Morgan fingerprint density at radius 2 is 2.06 bits per heavy atom. The van der Waals surface area contributed by atoms with Crippen molar-refractivity contribution < 1.29 is 4.79 Å². The number of amides is 1. The average Bonchev–Trinajstić information content (AvgIpc) is 2.42. The van der Waals surface area contributed by atoms with Gasteiger partial charge in [-0.2, -0.15) is 0 Å². The molecule has 0 aliphatic carbocycles. The predicted octanol–water partition coefficient (Wildman–Crippen LogP) is 1.96. The first kappa shape index (κ1) is 13.1. The first-order chi connectivity index (χ1) is 8.76. The quantitative estimate of drug-likeness (QED) is 0.881. The van der Waals surface area contributed by atoms with Gasteiger partial charge in [0.25, 0.3) is 0 Å². The van der Waals surface area contributed by atoms with Crippen LogP contribution in [0.3, 0.4) is 0 Å². The minimum atomic E-state index is 0.00698. The molecule has 1 fully saturated rings. The Morgan fingerprint density at radius 3 is 2.72 bits per heavy atom. The van der Waals surface area contributed by atoms with Crippen LogP contribution in [0.4, 0.5) is 0 Å². The van der Waals surface area contributed by atoms with Crippen molar-refractivity contribution >= 4 is 5.91 Å². The number of carbonyl (C=O) groups is 1. The van der Waals surface area contributed by atoms with Crippen molar-refractivity contribution in [3.05, 3.63) is 35.4 Å². The van der Waals surface area contributed by atoms with E-state index in [0.29, 0.717) is 0 Å². The SMILES string of the molecule is CCc1ccccc1CN1CCCC(NC)C1=O. The molecular formula is C15H22N2O. The Labute approximate surface area is 109 Å². The maximum absolute atomic E-state index is 12.2. The van der Waals surface area contributed by atoms with E-state index in [9.17, 15) is 4.79 Å². The van der Waals surface area contributed by atoms with Gasteiger partial charge in [-0.15, -0.1) is 0 Å². The van der Waals surface area contributed by atoms with Crippen LogP contribution in [0.1, 0.15) is 30.9 Å². The monoisotopic (exact) mass is 246 g/mol. The molecule has 3 nitrogen and oxygen atoms in total. The van der Waals surface area contributed by atoms with Crippen LogP contribution in [0.5, 0.6) is 0 Å². The number of aryl methyl sites for hydroxylation is 1. The van der Waals surface area contributed by atoms with Crippen molar-refractivity contribution in [3.8, 4) is 0 Å². The molecule has 1 aliphatic heterocycles. The van der Waals surface area contributed by atoms with E-state index in [1.165, 1.54) is 11.1 Å². The third-order valence-electron chi connectivity index (χ3n) is 3.74. The maximum Gasteiger partial charge on any atom is 0.239 e. The molecule has 0 bridgehead atoms. The zero-order valence-corrected chi connectivity index (χ0v) is 11.3. The third kappa shape index (κ3) is 2.72. The van der Waals surface area contributed by atoms with Gasteiger partial charge in [0.2, 0.25) is 5.91 Å². The highest BCUT2D eigenvalue weighted by Crippen LogP contribution is 2.17. The van der Waals surface area contributed by atoms with Gasteiger partial charge in [0.05, 0.1) is 6.04 Å². The van der Waals surface area contributed by atoms with Gasteiger partial charge < -0.3 is 10.2 Å². The van der Waals surface area contributed by atoms with Crippen molar-refractivity contribution in [1.29, 1.82) is 0 Å². The van der Waals surface area contributed by atoms with Gasteiger partial charge in [0, 0.05) is 13.1 Å². The molecule has 0 aromatic heterocycles. The second kappa shape index (κ2) is 6.01. The fourth-order valence-electron chi connectivity index (χ4n) is 2.63. The van der Waals surface area contributed by atoms with Gasteiger partial charge in [-0.3, -0.25) is 4.79 Å². The highest BCUT2D eigenvalue weighted by atomic mass is 16.2. The minimum absolute atomic E-state index is 0.00698. The van der Waals surface area contributed by atoms with Crippen molar-refractivity contribution in [2.24, 2.45) is 0 Å². The Hall–Kier alpha value is -1.35. The number of hydrogen-bond donors (Lipinski definition) is 1. The summed E-state index contributed by atoms with van der Waals surface area (Å²) >= 11 is 0. The van der Waals surface area contributed by atoms with Crippen molar-refractivity contribution in [2.75, 3.05) is 13.6 Å². The van der Waals surface area contributed by atoms with Gasteiger partial charge >= 0.3 is 0 Å². The highest BCUT2D eigenvalue weighted by molar-refractivity contribution is 5.82. The number of likely N-dealkylation sites (tertiary alicyclic amines) is 1. The zero-order valence-electron chi connectivity index (χ0n) is 11.3. The summed E-state index contributed by atoms with van der Waals surface area (Å²) in [6.45, 7) is 3.79. The smallest absolute Gasteiger partial charge is 0.239 e. The Bertz CT molecular complexity index is 417. The molecule has 1 unspecified atom stereocenters. The van der Waals surface area contributed by atoms with E-state index in [4.69, 9.17) is 0 Å². The second-order valence-corrected chi connectivity index (χ2v) is 4.87. The van der Waals surface area contributed by atoms with Gasteiger partial charge in [-0.25, -0.2) is 0 Å². The van der Waals surface area contributed by atoms with Gasteiger partial charge in [0.1, 0.15) is 0 Å². The van der Waals surface area contributed by atoms with Crippen LogP contribution < -0.4 is 5.32 Å². The van der Waals surface area contributed by atoms with Crippen LogP contribution in [0, 0.1) is 0 Å². The molecule has 1 aromatic carbocycles. The van der Waals surface area contributed by atoms with Gasteiger partial charge in [-0.05, 0) is 37.4 Å². The van der Waals surface area contributed by atoms with E-state index in [0.717, 1.165) is 32.4 Å². The van der Waals surface area contributed by atoms with Crippen LogP contribution in [-0.4, -0.2) is 30.4 Å². The van der Waals surface area contributed by atoms with E-state index in [2.05, 4.69) is 36.5 Å². The molecule has 0 radical (unpaired) electrons. The number of hydrogen-bond acceptors (Lipinski definition) is 2. The van der Waals surface area contributed by atoms with E-state index >= 15 is 0 Å². The van der Waals surface area contributed by atoms with E-state index in [1.54, 1.807) is 0 Å². The van der Waals surface area contributed by atoms with Crippen molar-refractivity contribution in [3.63, 3.8) is 0 Å². The molecule has 1 amide bonds. The van der Waals surface area contributed by atoms with Gasteiger partial charge in [0.15, 0.2) is 0 Å². The number of piperidine rings is 1. The summed E-state index contributed by atoms with van der Waals surface area (Å²) in [6, 6.07) is 8.41. The molecule has 1 N–H and O–H groups in total. The predicted molar refractivity (Wildman–Crippen MR) is 73.3 cm³/mol. The third-order valence-corrected chi connectivity index (χ3v) is 3.74. The lowest BCUT2D eigenvalue weighted by Crippen LogP contribution is -2.49. The summed E-state index contributed by atoms with van der Waals surface area (Å²) in [5.41, 5.74) is 2.63. The van der Waals surface area contributed by atoms with E-state index < -0.39 is 0 Å². The molecule has 0 saturated carbocycles. The van der Waals surface area contributed by atoms with Crippen molar-refractivity contribution in [2.45, 2.75) is 38.8 Å². The summed E-state index contributed by atoms with van der Waals surface area (Å²) in [6.07, 6.45) is 3.07. The molecule has 98 valence electrons. The number of carbonyl (C=O) groups excluding carboxylic acids is 1. The number of nitrogens with one attached hydrogen (secondary N) is 1. The number of nitrogens with zero attached hydrogens (tertiary/aromatic N) is 1. The average molecular weight is 246 g/mol. The Morgan fingerprint density at radius 1 is 1.33 bits per heavy atom. The standard InChI is InChI=1S/C15H22N2O/c1-3-12-7-4-5-8-13(12)11-17-10-6-9-14(16-2)15(17)18/h4-5,7-8,14,16H,3,6,9-11H2,1-2H3. The lowest BCUT2D eigenvalue weighted by Gasteiger charge is -2.32. The molecule has 2 rings (SSSR count). The lowest BCUT2D eigenvalue weighted by molar-refractivity contribution is -0.136. The largest absolute Gasteiger partial charge is 0.337 e. The van der Waals surface area contributed by atoms with Crippen LogP contribution in [0.25, 0.3) is 0 Å². The Kier molecular flexibility index (Phi) is 4.37. The summed E-state index contributed by atoms with van der Waals surface area (Å²) in [5, 5.41) is 3.11. The molecule has 1 heterocycles. The topological polar surface area (TPSA) is 32.3 Å². The lowest BCUT2D eigenvalue weighted by atomic mass is 10.0. The number of likely N-dealkylation sites (N-methyl/N-ethyl adjacent to an activating group) is 1. The number of rotatable bonds is 4. The molecular weight excluding hydrogens is 224 g/mol. The number of benzene rings is 1. The molecule has 1 aliphatic rings. The normalized spacial score (nSPS) is 20.2. The molecule has 3 heteroatoms. The van der Waals surface area contributed by atoms with E-state index in [1.807, 2.05) is 11.9 Å². The van der Waals surface area contributed by atoms with E-state index in [-0.39, 0.29) is 11.9 Å². The molecule has 1 aromatic rings. The molecule has 1 atom stereocenters. The Balaban J connectivity index is 2.10. The summed E-state index contributed by atoms with van der Waals surface area (Å²) in [4.78, 5) is 14.2. The summed E-state index contributed by atoms with van der Waals surface area (Å²) in [5.74, 6) is 0.245. The van der Waals surface area contributed by atoms with Gasteiger partial charge in [-0.1, -0.05) is 31.2 Å². The second-order valence-electron chi connectivity index (χ2n) is 4.87. The van der Waals surface area contributed by atoms with Crippen molar-refractivity contribution in [1.82, 2.24) is 10.2 Å². The summed E-state index contributed by atoms with van der Waals surface area (Å²) in [7, 11) is 1.87. The van der Waals surface area contributed by atoms with Crippen LogP contribution in [0.2, 0.25) is 0 Å². The zero-order chi connectivity index (χ0) is 13.0. The summed E-state index contributed by atoms with van der Waals surface area (Å²) < 4.78 is 0. The fraction of sp³-hybridized carbons (Fsp3) is 0.533. The fourth-order valence-corrected chi connectivity index (χ4v) is 2.63. The first-order valence-electron chi connectivity index (χ1n) is 6.79. The van der Waals surface area contributed by atoms with Crippen LogP contribution in [0.15, 0.2) is 24.3 Å².